The van der Waals surface area contributed by atoms with E-state index < -0.39 is 5.60 Å². The van der Waals surface area contributed by atoms with Crippen LogP contribution in [0.4, 0.5) is 0 Å². The highest BCUT2D eigenvalue weighted by Crippen LogP contribution is 2.38. The first-order chi connectivity index (χ1) is 6.29. The summed E-state index contributed by atoms with van der Waals surface area (Å²) < 4.78 is 5.44. The Kier molecular flexibility index (Phi) is 2.23. The van der Waals surface area contributed by atoms with Gasteiger partial charge in [0, 0.05) is 6.42 Å². The van der Waals surface area contributed by atoms with E-state index >= 15 is 0 Å². The zero-order chi connectivity index (χ0) is 9.15. The fourth-order valence-electron chi connectivity index (χ4n) is 1.22. The Morgan fingerprint density at radius 3 is 2.69 bits per heavy atom. The lowest BCUT2D eigenvalue weighted by Crippen LogP contribution is -2.12. The van der Waals surface area contributed by atoms with Gasteiger partial charge in [0.25, 0.3) is 0 Å². The Balaban J connectivity index is 1.74. The van der Waals surface area contributed by atoms with E-state index in [1.165, 1.54) is 0 Å². The normalized spacial score (nSPS) is 18.2. The highest BCUT2D eigenvalue weighted by molar-refractivity contribution is 5.20. The van der Waals surface area contributed by atoms with Crippen LogP contribution in [0.2, 0.25) is 0 Å². The Morgan fingerprint density at radius 1 is 1.38 bits per heavy atom. The summed E-state index contributed by atoms with van der Waals surface area (Å²) in [5.41, 5.74) is -0.402. The fourth-order valence-corrected chi connectivity index (χ4v) is 1.22. The van der Waals surface area contributed by atoms with Crippen LogP contribution in [0.1, 0.15) is 19.3 Å². The van der Waals surface area contributed by atoms with E-state index in [0.29, 0.717) is 6.61 Å². The van der Waals surface area contributed by atoms with E-state index in [1.807, 2.05) is 24.3 Å². The second-order valence-electron chi connectivity index (χ2n) is 3.56. The van der Waals surface area contributed by atoms with Crippen molar-refractivity contribution < 1.29 is 9.84 Å². The minimum Gasteiger partial charge on any atom is -0.493 e. The molecule has 0 heterocycles. The summed E-state index contributed by atoms with van der Waals surface area (Å²) in [5.74, 6) is 0.850. The predicted octanol–water partition coefficient (Wildman–Crippen LogP) is 1.78. The topological polar surface area (TPSA) is 29.5 Å². The molecular weight excluding hydrogens is 164 g/mol. The van der Waals surface area contributed by atoms with Crippen molar-refractivity contribution in [3.8, 4) is 5.75 Å². The third kappa shape index (κ3) is 2.46. The van der Waals surface area contributed by atoms with Crippen LogP contribution in [0.15, 0.2) is 24.3 Å². The van der Waals surface area contributed by atoms with Crippen LogP contribution in [0.5, 0.6) is 5.75 Å². The lowest BCUT2D eigenvalue weighted by molar-refractivity contribution is 0.117. The molecule has 1 fully saturated rings. The van der Waals surface area contributed by atoms with Gasteiger partial charge >= 0.3 is 0 Å². The maximum absolute atomic E-state index is 9.52. The third-order valence-electron chi connectivity index (χ3n) is 2.35. The molecule has 1 aliphatic rings. The summed E-state index contributed by atoms with van der Waals surface area (Å²) in [6, 6.07) is 10.3. The molecule has 2 rings (SSSR count). The molecule has 1 radical (unpaired) electrons. The van der Waals surface area contributed by atoms with E-state index in [1.54, 1.807) is 0 Å². The van der Waals surface area contributed by atoms with Gasteiger partial charge in [-0.05, 0) is 31.0 Å². The molecule has 1 aromatic rings. The molecule has 1 N–H and O–H groups in total. The van der Waals surface area contributed by atoms with Gasteiger partial charge < -0.3 is 9.84 Å². The summed E-state index contributed by atoms with van der Waals surface area (Å²) in [7, 11) is 0. The van der Waals surface area contributed by atoms with E-state index in [9.17, 15) is 5.11 Å². The smallest absolute Gasteiger partial charge is 0.119 e. The highest BCUT2D eigenvalue weighted by atomic mass is 16.5. The van der Waals surface area contributed by atoms with Gasteiger partial charge in [-0.15, -0.1) is 0 Å². The summed E-state index contributed by atoms with van der Waals surface area (Å²) in [6.07, 6.45) is 2.60. The number of aliphatic hydroxyl groups is 1. The van der Waals surface area contributed by atoms with Gasteiger partial charge in [0.1, 0.15) is 5.75 Å². The first-order valence-corrected chi connectivity index (χ1v) is 4.60. The third-order valence-corrected chi connectivity index (χ3v) is 2.35. The van der Waals surface area contributed by atoms with Crippen molar-refractivity contribution in [1.82, 2.24) is 0 Å². The van der Waals surface area contributed by atoms with E-state index in [0.717, 1.165) is 25.0 Å². The van der Waals surface area contributed by atoms with Gasteiger partial charge in [-0.2, -0.15) is 0 Å². The van der Waals surface area contributed by atoms with Crippen molar-refractivity contribution in [2.24, 2.45) is 0 Å². The van der Waals surface area contributed by atoms with E-state index in [2.05, 4.69) is 6.07 Å². The predicted molar refractivity (Wildman–Crippen MR) is 49.6 cm³/mol. The Labute approximate surface area is 78.2 Å². The van der Waals surface area contributed by atoms with Crippen molar-refractivity contribution >= 4 is 0 Å². The van der Waals surface area contributed by atoms with Gasteiger partial charge in [0.2, 0.25) is 0 Å². The van der Waals surface area contributed by atoms with Crippen molar-refractivity contribution in [1.29, 1.82) is 0 Å². The van der Waals surface area contributed by atoms with Crippen LogP contribution in [-0.4, -0.2) is 17.3 Å². The molecule has 1 aromatic carbocycles. The molecule has 0 amide bonds. The summed E-state index contributed by atoms with van der Waals surface area (Å²) in [6.45, 7) is 0.598. The molecule has 2 heteroatoms. The van der Waals surface area contributed by atoms with Crippen molar-refractivity contribution in [2.45, 2.75) is 24.9 Å². The molecule has 0 aliphatic heterocycles. The molecule has 0 atom stereocenters. The SMILES string of the molecule is OC1(CCOc2cc[c]cc2)CC1. The Hall–Kier alpha value is -1.02. The molecule has 2 nitrogen and oxygen atoms in total. The second kappa shape index (κ2) is 3.38. The van der Waals surface area contributed by atoms with Crippen LogP contribution in [0.3, 0.4) is 0 Å². The molecule has 1 aliphatic carbocycles. The summed E-state index contributed by atoms with van der Waals surface area (Å²) in [4.78, 5) is 0. The Bertz CT molecular complexity index is 265. The quantitative estimate of drug-likeness (QED) is 0.759. The van der Waals surface area contributed by atoms with Crippen molar-refractivity contribution in [3.63, 3.8) is 0 Å². The number of rotatable bonds is 4. The first kappa shape index (κ1) is 8.57. The number of ether oxygens (including phenoxy) is 1. The number of benzene rings is 1. The van der Waals surface area contributed by atoms with E-state index in [4.69, 9.17) is 4.74 Å². The molecule has 0 saturated heterocycles. The standard InChI is InChI=1S/C11H13O2/c12-11(6-7-11)8-9-13-10-4-2-1-3-5-10/h2-5,12H,6-9H2. The molecule has 0 spiro atoms. The average molecular weight is 177 g/mol. The highest BCUT2D eigenvalue weighted by Gasteiger charge is 2.39. The average Bonchev–Trinajstić information content (AvgIpc) is 2.86. The van der Waals surface area contributed by atoms with Gasteiger partial charge in [-0.25, -0.2) is 0 Å². The summed E-state index contributed by atoms with van der Waals surface area (Å²) >= 11 is 0. The lowest BCUT2D eigenvalue weighted by Gasteiger charge is -2.08. The number of hydrogen-bond donors (Lipinski definition) is 1. The van der Waals surface area contributed by atoms with Crippen LogP contribution in [0, 0.1) is 6.07 Å². The fraction of sp³-hybridized carbons (Fsp3) is 0.455. The van der Waals surface area contributed by atoms with Crippen LogP contribution >= 0.6 is 0 Å². The molecule has 13 heavy (non-hydrogen) atoms. The minimum absolute atomic E-state index is 0.402. The van der Waals surface area contributed by atoms with E-state index in [-0.39, 0.29) is 0 Å². The van der Waals surface area contributed by atoms with Gasteiger partial charge in [-0.1, -0.05) is 12.1 Å². The Morgan fingerprint density at radius 2 is 2.08 bits per heavy atom. The van der Waals surface area contributed by atoms with Gasteiger partial charge in [0.05, 0.1) is 12.2 Å². The monoisotopic (exact) mass is 177 g/mol. The van der Waals surface area contributed by atoms with Crippen molar-refractivity contribution in [3.05, 3.63) is 30.3 Å². The zero-order valence-electron chi connectivity index (χ0n) is 7.49. The molecule has 0 bridgehead atoms. The van der Waals surface area contributed by atoms with Crippen LogP contribution in [-0.2, 0) is 0 Å². The first-order valence-electron chi connectivity index (χ1n) is 4.60. The molecule has 1 saturated carbocycles. The van der Waals surface area contributed by atoms with Gasteiger partial charge in [-0.3, -0.25) is 0 Å². The second-order valence-corrected chi connectivity index (χ2v) is 3.56. The molecule has 0 aromatic heterocycles. The maximum Gasteiger partial charge on any atom is 0.119 e. The summed E-state index contributed by atoms with van der Waals surface area (Å²) in [5, 5.41) is 9.52. The zero-order valence-corrected chi connectivity index (χ0v) is 7.49. The largest absolute Gasteiger partial charge is 0.493 e. The minimum atomic E-state index is -0.402. The van der Waals surface area contributed by atoms with Crippen LogP contribution in [0.25, 0.3) is 0 Å². The maximum atomic E-state index is 9.52. The molecular formula is C11H13O2. The molecule has 0 unspecified atom stereocenters. The molecule has 69 valence electrons. The van der Waals surface area contributed by atoms with Crippen molar-refractivity contribution in [2.75, 3.05) is 6.61 Å². The van der Waals surface area contributed by atoms with Crippen LogP contribution < -0.4 is 4.74 Å². The lowest BCUT2D eigenvalue weighted by atomic mass is 10.2. The number of hydrogen-bond acceptors (Lipinski definition) is 2. The van der Waals surface area contributed by atoms with Gasteiger partial charge in [0.15, 0.2) is 0 Å².